The fourth-order valence-electron chi connectivity index (χ4n) is 2.21. The predicted octanol–water partition coefficient (Wildman–Crippen LogP) is 4.22. The van der Waals surface area contributed by atoms with Gasteiger partial charge in [-0.25, -0.2) is 9.36 Å². The lowest BCUT2D eigenvalue weighted by atomic mass is 10.2. The minimum absolute atomic E-state index is 0.0131. The van der Waals surface area contributed by atoms with Crippen LogP contribution in [0.1, 0.15) is 38.2 Å². The molecule has 0 aliphatic rings. The van der Waals surface area contributed by atoms with Gasteiger partial charge in [-0.2, -0.15) is 13.2 Å². The number of aromatic nitrogens is 1. The van der Waals surface area contributed by atoms with Crippen molar-refractivity contribution in [2.24, 2.45) is 0 Å². The van der Waals surface area contributed by atoms with Crippen LogP contribution < -0.4 is 10.2 Å². The number of rotatable bonds is 5. The second-order valence-electron chi connectivity index (χ2n) is 5.18. The van der Waals surface area contributed by atoms with Crippen molar-refractivity contribution in [3.05, 3.63) is 33.4 Å². The Morgan fingerprint density at radius 3 is 2.65 bits per heavy atom. The molecule has 4 nitrogen and oxygen atoms in total. The summed E-state index contributed by atoms with van der Waals surface area (Å²) in [7, 11) is 0. The van der Waals surface area contributed by atoms with Crippen molar-refractivity contribution < 1.29 is 18.0 Å². The number of fused-ring (bicyclic) bond motifs is 1. The number of hydrogen-bond donors (Lipinski definition) is 1. The van der Waals surface area contributed by atoms with Gasteiger partial charge in [-0.3, -0.25) is 4.79 Å². The molecule has 1 amide bonds. The summed E-state index contributed by atoms with van der Waals surface area (Å²) in [5.74, 6) is 0. The maximum atomic E-state index is 12.8. The molecule has 0 saturated heterocycles. The minimum Gasteiger partial charge on any atom is -0.337 e. The molecule has 0 bridgehead atoms. The number of alkyl halides is 3. The molecular weight excluding hydrogens is 329 g/mol. The molecule has 0 radical (unpaired) electrons. The zero-order valence-corrected chi connectivity index (χ0v) is 13.4. The molecule has 126 valence electrons. The molecule has 0 aliphatic heterocycles. The fourth-order valence-corrected chi connectivity index (χ4v) is 3.06. The highest BCUT2D eigenvalue weighted by Crippen LogP contribution is 2.31. The van der Waals surface area contributed by atoms with Crippen molar-refractivity contribution >= 4 is 27.6 Å². The molecule has 2 rings (SSSR count). The Kier molecular flexibility index (Phi) is 5.46. The van der Waals surface area contributed by atoms with Gasteiger partial charge in [0, 0.05) is 6.54 Å². The lowest BCUT2D eigenvalue weighted by Crippen LogP contribution is -2.34. The Bertz CT molecular complexity index is 749. The van der Waals surface area contributed by atoms with Crippen molar-refractivity contribution in [3.8, 4) is 0 Å². The van der Waals surface area contributed by atoms with Crippen LogP contribution >= 0.6 is 11.3 Å². The molecule has 0 unspecified atom stereocenters. The third kappa shape index (κ3) is 4.13. The van der Waals surface area contributed by atoms with E-state index < -0.39 is 22.6 Å². The van der Waals surface area contributed by atoms with Crippen LogP contribution in [0.4, 0.5) is 18.0 Å². The van der Waals surface area contributed by atoms with E-state index in [1.54, 1.807) is 0 Å². The van der Waals surface area contributed by atoms with Crippen molar-refractivity contribution in [2.75, 3.05) is 6.54 Å². The van der Waals surface area contributed by atoms with Crippen molar-refractivity contribution in [2.45, 2.75) is 38.8 Å². The van der Waals surface area contributed by atoms with E-state index in [2.05, 4.69) is 12.2 Å². The lowest BCUT2D eigenvalue weighted by molar-refractivity contribution is -0.137. The van der Waals surface area contributed by atoms with Crippen molar-refractivity contribution in [3.63, 3.8) is 0 Å². The Labute approximate surface area is 134 Å². The van der Waals surface area contributed by atoms with Gasteiger partial charge in [-0.05, 0) is 24.6 Å². The maximum Gasteiger partial charge on any atom is 0.416 e. The SMILES string of the molecule is CCCCCCNC(=O)n1c(=O)sc2ccc(C(F)(F)F)cc21. The Morgan fingerprint density at radius 1 is 1.26 bits per heavy atom. The molecule has 0 spiro atoms. The van der Waals surface area contributed by atoms with Crippen molar-refractivity contribution in [1.29, 1.82) is 0 Å². The van der Waals surface area contributed by atoms with Gasteiger partial charge in [0.1, 0.15) is 0 Å². The highest BCUT2D eigenvalue weighted by atomic mass is 32.1. The molecule has 8 heteroatoms. The first-order valence-corrected chi connectivity index (χ1v) is 8.17. The number of carbonyl (C=O) groups is 1. The summed E-state index contributed by atoms with van der Waals surface area (Å²) >= 11 is 0.753. The summed E-state index contributed by atoms with van der Waals surface area (Å²) in [4.78, 5) is 23.4. The molecular formula is C15H17F3N2O2S. The van der Waals surface area contributed by atoms with Crippen LogP contribution in [-0.4, -0.2) is 17.1 Å². The van der Waals surface area contributed by atoms with Gasteiger partial charge in [-0.1, -0.05) is 37.5 Å². The third-order valence-electron chi connectivity index (χ3n) is 3.42. The van der Waals surface area contributed by atoms with Gasteiger partial charge in [0.2, 0.25) is 0 Å². The molecule has 1 heterocycles. The standard InChI is InChI=1S/C15H17F3N2O2S/c1-2-3-4-5-8-19-13(21)20-11-9-10(15(16,17)18)6-7-12(11)23-14(20)22/h6-7,9H,2-5,8H2,1H3,(H,19,21). The van der Waals surface area contributed by atoms with E-state index in [9.17, 15) is 22.8 Å². The molecule has 1 aromatic heterocycles. The number of nitrogens with one attached hydrogen (secondary N) is 1. The first-order valence-electron chi connectivity index (χ1n) is 7.35. The van der Waals surface area contributed by atoms with E-state index in [4.69, 9.17) is 0 Å². The summed E-state index contributed by atoms with van der Waals surface area (Å²) in [6, 6.07) is 2.28. The highest BCUT2D eigenvalue weighted by Gasteiger charge is 2.31. The quantitative estimate of drug-likeness (QED) is 0.824. The number of nitrogens with zero attached hydrogens (tertiary/aromatic N) is 1. The van der Waals surface area contributed by atoms with E-state index >= 15 is 0 Å². The van der Waals surface area contributed by atoms with E-state index in [1.807, 2.05) is 0 Å². The fraction of sp³-hybridized carbons (Fsp3) is 0.467. The summed E-state index contributed by atoms with van der Waals surface area (Å²) in [6.45, 7) is 2.45. The van der Waals surface area contributed by atoms with Crippen LogP contribution in [0, 0.1) is 0 Å². The Morgan fingerprint density at radius 2 is 2.00 bits per heavy atom. The van der Waals surface area contributed by atoms with Gasteiger partial charge >= 0.3 is 17.1 Å². The van der Waals surface area contributed by atoms with E-state index in [-0.39, 0.29) is 5.52 Å². The predicted molar refractivity (Wildman–Crippen MR) is 84.0 cm³/mol. The van der Waals surface area contributed by atoms with Gasteiger partial charge in [0.25, 0.3) is 0 Å². The van der Waals surface area contributed by atoms with Crippen LogP contribution in [0.3, 0.4) is 0 Å². The second-order valence-corrected chi connectivity index (χ2v) is 6.17. The smallest absolute Gasteiger partial charge is 0.337 e. The normalized spacial score (nSPS) is 11.8. The van der Waals surface area contributed by atoms with Crippen LogP contribution in [0.25, 0.3) is 10.2 Å². The van der Waals surface area contributed by atoms with Gasteiger partial charge in [0.15, 0.2) is 0 Å². The maximum absolute atomic E-state index is 12.8. The summed E-state index contributed by atoms with van der Waals surface area (Å²) in [5.41, 5.74) is -0.895. The molecule has 1 aromatic carbocycles. The monoisotopic (exact) mass is 346 g/mol. The Hall–Kier alpha value is -1.83. The average Bonchev–Trinajstić information content (AvgIpc) is 2.80. The lowest BCUT2D eigenvalue weighted by Gasteiger charge is -2.08. The largest absolute Gasteiger partial charge is 0.416 e. The highest BCUT2D eigenvalue weighted by molar-refractivity contribution is 7.16. The van der Waals surface area contributed by atoms with E-state index in [0.717, 1.165) is 53.7 Å². The van der Waals surface area contributed by atoms with Crippen LogP contribution in [0.15, 0.2) is 23.0 Å². The van der Waals surface area contributed by atoms with Crippen molar-refractivity contribution in [1.82, 2.24) is 9.88 Å². The molecule has 0 saturated carbocycles. The second kappa shape index (κ2) is 7.16. The zero-order chi connectivity index (χ0) is 17.0. The van der Waals surface area contributed by atoms with Crippen LogP contribution in [0.2, 0.25) is 0 Å². The van der Waals surface area contributed by atoms with Gasteiger partial charge in [-0.15, -0.1) is 0 Å². The number of amides is 1. The Balaban J connectivity index is 2.23. The van der Waals surface area contributed by atoms with E-state index in [0.29, 0.717) is 11.2 Å². The zero-order valence-electron chi connectivity index (χ0n) is 12.6. The summed E-state index contributed by atoms with van der Waals surface area (Å²) < 4.78 is 39.5. The van der Waals surface area contributed by atoms with Gasteiger partial charge in [0.05, 0.1) is 15.8 Å². The van der Waals surface area contributed by atoms with E-state index in [1.165, 1.54) is 6.07 Å². The molecule has 2 aromatic rings. The number of carbonyl (C=O) groups excluding carboxylic acids is 1. The topological polar surface area (TPSA) is 51.1 Å². The summed E-state index contributed by atoms with van der Waals surface area (Å²) in [5, 5.41) is 2.58. The molecule has 1 N–H and O–H groups in total. The number of halogens is 3. The number of unbranched alkanes of at least 4 members (excludes halogenated alkanes) is 3. The molecule has 0 atom stereocenters. The first-order chi connectivity index (χ1) is 10.8. The summed E-state index contributed by atoms with van der Waals surface area (Å²) in [6.07, 6.45) is -0.693. The van der Waals surface area contributed by atoms with Gasteiger partial charge < -0.3 is 5.32 Å². The number of thiazole rings is 1. The average molecular weight is 346 g/mol. The minimum atomic E-state index is -4.52. The molecule has 23 heavy (non-hydrogen) atoms. The molecule has 0 fully saturated rings. The third-order valence-corrected chi connectivity index (χ3v) is 4.34. The molecule has 0 aliphatic carbocycles. The first kappa shape index (κ1) is 17.5. The van der Waals surface area contributed by atoms with Crippen LogP contribution in [-0.2, 0) is 6.18 Å². The number of hydrogen-bond acceptors (Lipinski definition) is 3. The van der Waals surface area contributed by atoms with Crippen LogP contribution in [0.5, 0.6) is 0 Å². The number of benzene rings is 1.